The summed E-state index contributed by atoms with van der Waals surface area (Å²) in [7, 11) is 0. The van der Waals surface area contributed by atoms with Gasteiger partial charge < -0.3 is 9.84 Å². The quantitative estimate of drug-likeness (QED) is 0.593. The average molecular weight is 308 g/mol. The predicted molar refractivity (Wildman–Crippen MR) is 86.1 cm³/mol. The highest BCUT2D eigenvalue weighted by Crippen LogP contribution is 2.29. The highest BCUT2D eigenvalue weighted by molar-refractivity contribution is 5.71. The Hall–Kier alpha value is -1.42. The number of esters is 1. The summed E-state index contributed by atoms with van der Waals surface area (Å²) in [4.78, 5) is 11.8. The number of carbonyl (C=O) groups is 1. The van der Waals surface area contributed by atoms with E-state index in [-0.39, 0.29) is 17.3 Å². The van der Waals surface area contributed by atoms with Gasteiger partial charge in [-0.15, -0.1) is 0 Å². The third kappa shape index (κ3) is 6.56. The van der Waals surface area contributed by atoms with Crippen molar-refractivity contribution in [1.29, 1.82) is 0 Å². The molecule has 1 aromatic heterocycles. The standard InChI is InChI=1S/C18H30NO3/c1-6-15(2)16(20)22-14-17(3,4)12-18(5,21)13-19-10-8-7-9-11-19/h7-11,15,21H,6,12-14H2,1-5H3/q+1. The molecule has 1 rings (SSSR count). The topological polar surface area (TPSA) is 50.4 Å². The maximum atomic E-state index is 11.8. The van der Waals surface area contributed by atoms with Crippen molar-refractivity contribution in [2.24, 2.45) is 11.3 Å². The molecule has 0 radical (unpaired) electrons. The van der Waals surface area contributed by atoms with Gasteiger partial charge in [-0.2, -0.15) is 0 Å². The van der Waals surface area contributed by atoms with E-state index in [2.05, 4.69) is 0 Å². The number of nitrogens with zero attached hydrogens (tertiary/aromatic N) is 1. The van der Waals surface area contributed by atoms with E-state index in [9.17, 15) is 9.90 Å². The maximum Gasteiger partial charge on any atom is 0.308 e. The van der Waals surface area contributed by atoms with Gasteiger partial charge in [0, 0.05) is 17.5 Å². The molecule has 0 aromatic carbocycles. The van der Waals surface area contributed by atoms with E-state index < -0.39 is 5.60 Å². The minimum absolute atomic E-state index is 0.0730. The Labute approximate surface area is 134 Å². The summed E-state index contributed by atoms with van der Waals surface area (Å²) in [6, 6.07) is 5.83. The zero-order chi connectivity index (χ0) is 16.8. The van der Waals surface area contributed by atoms with Crippen molar-refractivity contribution in [3.63, 3.8) is 0 Å². The fourth-order valence-corrected chi connectivity index (χ4v) is 2.65. The SMILES string of the molecule is CCC(C)C(=O)OCC(C)(C)CC(C)(O)C[n+]1ccccc1. The van der Waals surface area contributed by atoms with Gasteiger partial charge in [-0.05, 0) is 19.8 Å². The van der Waals surface area contributed by atoms with Crippen molar-refractivity contribution in [1.82, 2.24) is 0 Å². The highest BCUT2D eigenvalue weighted by atomic mass is 16.5. The van der Waals surface area contributed by atoms with Gasteiger partial charge in [-0.3, -0.25) is 4.79 Å². The van der Waals surface area contributed by atoms with E-state index >= 15 is 0 Å². The average Bonchev–Trinajstić information content (AvgIpc) is 2.43. The second kappa shape index (κ2) is 7.73. The van der Waals surface area contributed by atoms with Crippen molar-refractivity contribution in [3.8, 4) is 0 Å². The lowest BCUT2D eigenvalue weighted by Gasteiger charge is -2.31. The van der Waals surface area contributed by atoms with E-state index in [0.29, 0.717) is 19.6 Å². The molecule has 0 bridgehead atoms. The Morgan fingerprint density at radius 2 is 1.82 bits per heavy atom. The van der Waals surface area contributed by atoms with Crippen LogP contribution in [0.5, 0.6) is 0 Å². The fourth-order valence-electron chi connectivity index (χ4n) is 2.65. The van der Waals surface area contributed by atoms with Crippen LogP contribution in [0.2, 0.25) is 0 Å². The van der Waals surface area contributed by atoms with Crippen LogP contribution in [0.15, 0.2) is 30.6 Å². The van der Waals surface area contributed by atoms with E-state index in [1.807, 2.05) is 69.8 Å². The van der Waals surface area contributed by atoms with E-state index in [4.69, 9.17) is 4.74 Å². The first-order valence-corrected chi connectivity index (χ1v) is 7.98. The smallest absolute Gasteiger partial charge is 0.308 e. The van der Waals surface area contributed by atoms with Crippen LogP contribution in [0.3, 0.4) is 0 Å². The number of rotatable bonds is 8. The second-order valence-corrected chi connectivity index (χ2v) is 7.30. The van der Waals surface area contributed by atoms with Crippen LogP contribution in [0, 0.1) is 11.3 Å². The summed E-state index contributed by atoms with van der Waals surface area (Å²) in [5.74, 6) is -0.233. The third-order valence-corrected chi connectivity index (χ3v) is 3.78. The number of hydrogen-bond acceptors (Lipinski definition) is 3. The van der Waals surface area contributed by atoms with Crippen LogP contribution in [-0.2, 0) is 16.1 Å². The summed E-state index contributed by atoms with van der Waals surface area (Å²) in [6.07, 6.45) is 5.20. The summed E-state index contributed by atoms with van der Waals surface area (Å²) in [6.45, 7) is 10.5. The Morgan fingerprint density at radius 1 is 1.23 bits per heavy atom. The van der Waals surface area contributed by atoms with E-state index in [1.165, 1.54) is 0 Å². The molecule has 2 unspecified atom stereocenters. The summed E-state index contributed by atoms with van der Waals surface area (Å²) in [5, 5.41) is 10.7. The second-order valence-electron chi connectivity index (χ2n) is 7.30. The number of aromatic nitrogens is 1. The van der Waals surface area contributed by atoms with Gasteiger partial charge in [0.2, 0.25) is 0 Å². The van der Waals surface area contributed by atoms with Crippen molar-refractivity contribution in [3.05, 3.63) is 30.6 Å². The van der Waals surface area contributed by atoms with E-state index in [0.717, 1.165) is 6.42 Å². The van der Waals surface area contributed by atoms with Crippen LogP contribution >= 0.6 is 0 Å². The highest BCUT2D eigenvalue weighted by Gasteiger charge is 2.35. The molecule has 0 fully saturated rings. The lowest BCUT2D eigenvalue weighted by molar-refractivity contribution is -0.710. The van der Waals surface area contributed by atoms with Gasteiger partial charge in [0.15, 0.2) is 18.9 Å². The van der Waals surface area contributed by atoms with Crippen LogP contribution in [-0.4, -0.2) is 23.3 Å². The van der Waals surface area contributed by atoms with Gasteiger partial charge in [-0.1, -0.05) is 33.8 Å². The zero-order valence-electron chi connectivity index (χ0n) is 14.5. The molecule has 0 aliphatic heterocycles. The number of carbonyl (C=O) groups excluding carboxylic acids is 1. The van der Waals surface area contributed by atoms with Crippen molar-refractivity contribution >= 4 is 5.97 Å². The Balaban J connectivity index is 2.56. The van der Waals surface area contributed by atoms with E-state index in [1.54, 1.807) is 0 Å². The normalized spacial score (nSPS) is 15.9. The Morgan fingerprint density at radius 3 is 2.36 bits per heavy atom. The van der Waals surface area contributed by atoms with Crippen molar-refractivity contribution < 1.29 is 19.2 Å². The molecule has 0 amide bonds. The Bertz CT molecular complexity index is 468. The van der Waals surface area contributed by atoms with Gasteiger partial charge in [0.1, 0.15) is 5.60 Å². The van der Waals surface area contributed by atoms with Crippen LogP contribution < -0.4 is 4.57 Å². The largest absolute Gasteiger partial charge is 0.465 e. The number of aliphatic hydroxyl groups is 1. The molecule has 1 N–H and O–H groups in total. The number of ether oxygens (including phenoxy) is 1. The minimum atomic E-state index is -0.863. The van der Waals surface area contributed by atoms with Crippen LogP contribution in [0.4, 0.5) is 0 Å². The first kappa shape index (κ1) is 18.6. The van der Waals surface area contributed by atoms with Crippen molar-refractivity contribution in [2.45, 2.75) is 59.6 Å². The molecule has 0 saturated carbocycles. The van der Waals surface area contributed by atoms with Crippen molar-refractivity contribution in [2.75, 3.05) is 6.61 Å². The maximum absolute atomic E-state index is 11.8. The first-order valence-electron chi connectivity index (χ1n) is 7.98. The lowest BCUT2D eigenvalue weighted by atomic mass is 9.81. The van der Waals surface area contributed by atoms with Gasteiger partial charge in [0.05, 0.1) is 12.5 Å². The molecule has 0 aliphatic carbocycles. The number of pyridine rings is 1. The fraction of sp³-hybridized carbons (Fsp3) is 0.667. The molecule has 22 heavy (non-hydrogen) atoms. The number of hydrogen-bond donors (Lipinski definition) is 1. The molecule has 124 valence electrons. The summed E-state index contributed by atoms with van der Waals surface area (Å²) >= 11 is 0. The predicted octanol–water partition coefficient (Wildman–Crippen LogP) is 2.73. The molecule has 0 aliphatic rings. The van der Waals surface area contributed by atoms with Crippen LogP contribution in [0.1, 0.15) is 47.5 Å². The molecule has 0 saturated heterocycles. The monoisotopic (exact) mass is 308 g/mol. The summed E-state index contributed by atoms with van der Waals surface area (Å²) in [5.41, 5.74) is -1.14. The lowest BCUT2D eigenvalue weighted by Crippen LogP contribution is -2.48. The molecular weight excluding hydrogens is 278 g/mol. The molecule has 1 heterocycles. The molecule has 2 atom stereocenters. The molecule has 0 spiro atoms. The molecule has 4 nitrogen and oxygen atoms in total. The van der Waals surface area contributed by atoms with Crippen LogP contribution in [0.25, 0.3) is 0 Å². The van der Waals surface area contributed by atoms with Gasteiger partial charge >= 0.3 is 5.97 Å². The minimum Gasteiger partial charge on any atom is -0.465 e. The molecular formula is C18H30NO3+. The Kier molecular flexibility index (Phi) is 6.54. The van der Waals surface area contributed by atoms with Gasteiger partial charge in [-0.25, -0.2) is 4.57 Å². The summed E-state index contributed by atoms with van der Waals surface area (Å²) < 4.78 is 7.36. The molecule has 4 heteroatoms. The van der Waals surface area contributed by atoms with Gasteiger partial charge in [0.25, 0.3) is 0 Å². The first-order chi connectivity index (χ1) is 10.2. The third-order valence-electron chi connectivity index (χ3n) is 3.78. The zero-order valence-corrected chi connectivity index (χ0v) is 14.5. The molecule has 1 aromatic rings.